The minimum absolute atomic E-state index is 0.384. The van der Waals surface area contributed by atoms with Gasteiger partial charge < -0.3 is 0 Å². The van der Waals surface area contributed by atoms with Crippen molar-refractivity contribution >= 4 is 38.5 Å². The van der Waals surface area contributed by atoms with Gasteiger partial charge in [0.1, 0.15) is 0 Å². The van der Waals surface area contributed by atoms with Gasteiger partial charge in [0.2, 0.25) is 0 Å². The van der Waals surface area contributed by atoms with Crippen molar-refractivity contribution in [1.82, 2.24) is 0 Å². The van der Waals surface area contributed by atoms with Crippen LogP contribution in [0.4, 0.5) is 0 Å². The predicted molar refractivity (Wildman–Crippen MR) is 90.4 cm³/mol. The standard InChI is InChI=1S/C16H16BrI/c1-11-3-4-12(2)14(9-11)10-16(17)13-5-7-15(18)8-6-13/h3-9,16H,10H2,1-2H3. The molecule has 0 N–H and O–H groups in total. The van der Waals surface area contributed by atoms with Crippen LogP contribution < -0.4 is 0 Å². The first-order chi connectivity index (χ1) is 8.56. The zero-order chi connectivity index (χ0) is 13.1. The van der Waals surface area contributed by atoms with E-state index in [0.29, 0.717) is 4.83 Å². The summed E-state index contributed by atoms with van der Waals surface area (Å²) in [6.45, 7) is 4.33. The molecule has 0 fully saturated rings. The minimum atomic E-state index is 0.384. The Morgan fingerprint density at radius 3 is 2.39 bits per heavy atom. The highest BCUT2D eigenvalue weighted by molar-refractivity contribution is 14.1. The molecular weight excluding hydrogens is 399 g/mol. The summed E-state index contributed by atoms with van der Waals surface area (Å²) < 4.78 is 1.28. The Balaban J connectivity index is 2.18. The highest BCUT2D eigenvalue weighted by Gasteiger charge is 2.10. The normalized spacial score (nSPS) is 12.4. The molecule has 0 bridgehead atoms. The van der Waals surface area contributed by atoms with Gasteiger partial charge >= 0.3 is 0 Å². The van der Waals surface area contributed by atoms with Gasteiger partial charge in [-0.05, 0) is 71.7 Å². The van der Waals surface area contributed by atoms with Crippen LogP contribution in [0.25, 0.3) is 0 Å². The molecule has 0 amide bonds. The van der Waals surface area contributed by atoms with Crippen molar-refractivity contribution in [2.24, 2.45) is 0 Å². The summed E-state index contributed by atoms with van der Waals surface area (Å²) in [5, 5.41) is 0. The first-order valence-corrected chi connectivity index (χ1v) is 8.01. The van der Waals surface area contributed by atoms with Gasteiger partial charge in [0.15, 0.2) is 0 Å². The number of rotatable bonds is 3. The second-order valence-electron chi connectivity index (χ2n) is 4.65. The van der Waals surface area contributed by atoms with Crippen LogP contribution in [0.5, 0.6) is 0 Å². The Morgan fingerprint density at radius 2 is 1.72 bits per heavy atom. The zero-order valence-corrected chi connectivity index (χ0v) is 14.3. The molecule has 1 atom stereocenters. The fraction of sp³-hybridized carbons (Fsp3) is 0.250. The van der Waals surface area contributed by atoms with Crippen molar-refractivity contribution in [3.05, 3.63) is 68.3 Å². The summed E-state index contributed by atoms with van der Waals surface area (Å²) in [5.41, 5.74) is 5.47. The molecule has 0 spiro atoms. The van der Waals surface area contributed by atoms with Gasteiger partial charge in [0.25, 0.3) is 0 Å². The topological polar surface area (TPSA) is 0 Å². The molecule has 0 saturated carbocycles. The number of alkyl halides is 1. The predicted octanol–water partition coefficient (Wildman–Crippen LogP) is 5.59. The van der Waals surface area contributed by atoms with E-state index < -0.39 is 0 Å². The molecule has 2 aromatic carbocycles. The van der Waals surface area contributed by atoms with Gasteiger partial charge in [-0.2, -0.15) is 0 Å². The Hall–Kier alpha value is -0.350. The third-order valence-electron chi connectivity index (χ3n) is 3.14. The van der Waals surface area contributed by atoms with E-state index in [4.69, 9.17) is 0 Å². The van der Waals surface area contributed by atoms with Crippen LogP contribution in [0, 0.1) is 17.4 Å². The summed E-state index contributed by atoms with van der Waals surface area (Å²) in [4.78, 5) is 0.384. The Morgan fingerprint density at radius 1 is 1.06 bits per heavy atom. The molecule has 0 radical (unpaired) electrons. The first kappa shape index (κ1) is 14.1. The molecule has 1 unspecified atom stereocenters. The number of hydrogen-bond donors (Lipinski definition) is 0. The van der Waals surface area contributed by atoms with E-state index in [1.807, 2.05) is 0 Å². The molecule has 0 aliphatic rings. The van der Waals surface area contributed by atoms with E-state index in [0.717, 1.165) is 6.42 Å². The fourth-order valence-corrected chi connectivity index (χ4v) is 3.02. The molecule has 0 aliphatic heterocycles. The van der Waals surface area contributed by atoms with Crippen molar-refractivity contribution in [3.63, 3.8) is 0 Å². The van der Waals surface area contributed by atoms with Gasteiger partial charge in [0.05, 0.1) is 0 Å². The molecule has 0 aromatic heterocycles. The van der Waals surface area contributed by atoms with Crippen LogP contribution in [-0.2, 0) is 6.42 Å². The van der Waals surface area contributed by atoms with Gasteiger partial charge in [-0.15, -0.1) is 0 Å². The van der Waals surface area contributed by atoms with Crippen molar-refractivity contribution in [2.45, 2.75) is 25.1 Å². The van der Waals surface area contributed by atoms with Crippen molar-refractivity contribution in [2.75, 3.05) is 0 Å². The molecule has 0 heterocycles. The van der Waals surface area contributed by atoms with Crippen LogP contribution in [0.3, 0.4) is 0 Å². The van der Waals surface area contributed by atoms with Gasteiger partial charge in [0, 0.05) is 8.40 Å². The third-order valence-corrected chi connectivity index (χ3v) is 4.71. The third kappa shape index (κ3) is 3.58. The summed E-state index contributed by atoms with van der Waals surface area (Å²) in [6.07, 6.45) is 1.04. The smallest absolute Gasteiger partial charge is 0.0435 e. The summed E-state index contributed by atoms with van der Waals surface area (Å²) in [7, 11) is 0. The zero-order valence-electron chi connectivity index (χ0n) is 10.6. The molecule has 0 nitrogen and oxygen atoms in total. The maximum Gasteiger partial charge on any atom is 0.0435 e. The largest absolute Gasteiger partial charge is 0.0835 e. The van der Waals surface area contributed by atoms with Crippen LogP contribution in [0.2, 0.25) is 0 Å². The second-order valence-corrected chi connectivity index (χ2v) is 7.00. The average molecular weight is 415 g/mol. The van der Waals surface area contributed by atoms with Crippen LogP contribution >= 0.6 is 38.5 Å². The average Bonchev–Trinajstić information content (AvgIpc) is 2.34. The highest BCUT2D eigenvalue weighted by atomic mass is 127. The monoisotopic (exact) mass is 414 g/mol. The maximum atomic E-state index is 3.80. The maximum absolute atomic E-state index is 3.80. The van der Waals surface area contributed by atoms with Crippen molar-refractivity contribution in [1.29, 1.82) is 0 Å². The molecule has 2 heteroatoms. The van der Waals surface area contributed by atoms with E-state index >= 15 is 0 Å². The summed E-state index contributed by atoms with van der Waals surface area (Å²) in [6, 6.07) is 15.4. The lowest BCUT2D eigenvalue weighted by Gasteiger charge is -2.13. The SMILES string of the molecule is Cc1ccc(C)c(CC(Br)c2ccc(I)cc2)c1. The lowest BCUT2D eigenvalue weighted by Crippen LogP contribution is -1.98. The van der Waals surface area contributed by atoms with E-state index in [9.17, 15) is 0 Å². The van der Waals surface area contributed by atoms with Gasteiger partial charge in [-0.1, -0.05) is 51.8 Å². The number of halogens is 2. The molecule has 18 heavy (non-hydrogen) atoms. The highest BCUT2D eigenvalue weighted by Crippen LogP contribution is 2.29. The Labute approximate surface area is 131 Å². The molecule has 0 saturated heterocycles. The van der Waals surface area contributed by atoms with Crippen molar-refractivity contribution < 1.29 is 0 Å². The number of aryl methyl sites for hydroxylation is 2. The lowest BCUT2D eigenvalue weighted by atomic mass is 9.99. The quantitative estimate of drug-likeness (QED) is 0.453. The van der Waals surface area contributed by atoms with Gasteiger partial charge in [-0.3, -0.25) is 0 Å². The number of benzene rings is 2. The van der Waals surface area contributed by atoms with Gasteiger partial charge in [-0.25, -0.2) is 0 Å². The molecule has 2 rings (SSSR count). The van der Waals surface area contributed by atoms with Crippen molar-refractivity contribution in [3.8, 4) is 0 Å². The van der Waals surface area contributed by atoms with Crippen LogP contribution in [-0.4, -0.2) is 0 Å². The van der Waals surface area contributed by atoms with E-state index in [1.54, 1.807) is 0 Å². The van der Waals surface area contributed by atoms with E-state index in [2.05, 4.69) is 94.8 Å². The molecule has 2 aromatic rings. The molecule has 0 aliphatic carbocycles. The first-order valence-electron chi connectivity index (χ1n) is 6.02. The fourth-order valence-electron chi connectivity index (χ4n) is 2.00. The lowest BCUT2D eigenvalue weighted by molar-refractivity contribution is 0.936. The van der Waals surface area contributed by atoms with E-state index in [1.165, 1.54) is 25.8 Å². The van der Waals surface area contributed by atoms with Crippen LogP contribution in [0.1, 0.15) is 27.1 Å². The van der Waals surface area contributed by atoms with E-state index in [-0.39, 0.29) is 0 Å². The molecular formula is C16H16BrI. The molecule has 94 valence electrons. The number of hydrogen-bond acceptors (Lipinski definition) is 0. The second kappa shape index (κ2) is 6.20. The summed E-state index contributed by atoms with van der Waals surface area (Å²) >= 11 is 6.14. The minimum Gasteiger partial charge on any atom is -0.0835 e. The Kier molecular flexibility index (Phi) is 4.84. The van der Waals surface area contributed by atoms with Crippen LogP contribution in [0.15, 0.2) is 42.5 Å². The Bertz CT molecular complexity index is 531. The summed E-state index contributed by atoms with van der Waals surface area (Å²) in [5.74, 6) is 0.